The van der Waals surface area contributed by atoms with Crippen molar-refractivity contribution in [2.24, 2.45) is 11.7 Å². The number of ether oxygens (including phenoxy) is 1. The third-order valence-electron chi connectivity index (χ3n) is 3.42. The Kier molecular flexibility index (Phi) is 4.08. The van der Waals surface area contributed by atoms with Crippen molar-refractivity contribution < 1.29 is 4.74 Å². The number of nitrogen functional groups attached to an aromatic ring is 1. The Bertz CT molecular complexity index is 483. The maximum absolute atomic E-state index is 7.68. The molecule has 1 aliphatic rings. The molecule has 104 valence electrons. The number of nitrogens with zero attached hydrogens (tertiary/aromatic N) is 1. The zero-order valence-electron chi connectivity index (χ0n) is 12.0. The van der Waals surface area contributed by atoms with Gasteiger partial charge >= 0.3 is 0 Å². The molecule has 0 aliphatic heterocycles. The molecule has 1 aliphatic carbocycles. The van der Waals surface area contributed by atoms with Gasteiger partial charge in [0, 0.05) is 5.69 Å². The fourth-order valence-corrected chi connectivity index (χ4v) is 2.64. The molecule has 0 amide bonds. The van der Waals surface area contributed by atoms with E-state index in [4.69, 9.17) is 15.9 Å². The standard InChI is InChI=1S/C15H23N3O/c1-9(2)7-10(3)19-15-12(14(16)17)8-11-5-4-6-13(11)18-15/h8-10H,4-7H2,1-3H3,(H3,16,17). The zero-order valence-corrected chi connectivity index (χ0v) is 12.0. The van der Waals surface area contributed by atoms with Gasteiger partial charge in [-0.3, -0.25) is 5.41 Å². The normalized spacial score (nSPS) is 15.4. The molecule has 1 unspecified atom stereocenters. The van der Waals surface area contributed by atoms with E-state index in [0.717, 1.165) is 31.4 Å². The SMILES string of the molecule is CC(C)CC(C)Oc1nc2c(cc1C(=N)N)CCC2. The molecule has 0 aromatic carbocycles. The summed E-state index contributed by atoms with van der Waals surface area (Å²) in [7, 11) is 0. The number of pyridine rings is 1. The average Bonchev–Trinajstić information content (AvgIpc) is 2.73. The van der Waals surface area contributed by atoms with Crippen LogP contribution in [0.15, 0.2) is 6.07 Å². The van der Waals surface area contributed by atoms with Gasteiger partial charge in [-0.1, -0.05) is 13.8 Å². The molecule has 0 spiro atoms. The number of nitrogens with one attached hydrogen (secondary N) is 1. The second-order valence-corrected chi connectivity index (χ2v) is 5.77. The first kappa shape index (κ1) is 13.8. The summed E-state index contributed by atoms with van der Waals surface area (Å²) >= 11 is 0. The maximum Gasteiger partial charge on any atom is 0.225 e. The summed E-state index contributed by atoms with van der Waals surface area (Å²) in [5.74, 6) is 1.14. The lowest BCUT2D eigenvalue weighted by molar-refractivity contribution is 0.185. The van der Waals surface area contributed by atoms with Crippen molar-refractivity contribution in [3.05, 3.63) is 22.9 Å². The van der Waals surface area contributed by atoms with Crippen LogP contribution in [-0.4, -0.2) is 16.9 Å². The van der Waals surface area contributed by atoms with Crippen LogP contribution in [0.4, 0.5) is 0 Å². The predicted octanol–water partition coefficient (Wildman–Crippen LogP) is 2.67. The minimum atomic E-state index is 0.0361. The van der Waals surface area contributed by atoms with Gasteiger partial charge in [0.25, 0.3) is 0 Å². The molecule has 4 heteroatoms. The van der Waals surface area contributed by atoms with E-state index in [1.807, 2.05) is 13.0 Å². The number of nitrogens with two attached hydrogens (primary N) is 1. The van der Waals surface area contributed by atoms with Crippen LogP contribution >= 0.6 is 0 Å². The van der Waals surface area contributed by atoms with Crippen LogP contribution in [0.25, 0.3) is 0 Å². The van der Waals surface area contributed by atoms with Crippen LogP contribution < -0.4 is 10.5 Å². The lowest BCUT2D eigenvalue weighted by atomic mass is 10.1. The number of aromatic nitrogens is 1. The Balaban J connectivity index is 2.25. The number of amidine groups is 1. The summed E-state index contributed by atoms with van der Waals surface area (Å²) in [5.41, 5.74) is 8.61. The summed E-state index contributed by atoms with van der Waals surface area (Å²) < 4.78 is 5.91. The van der Waals surface area contributed by atoms with E-state index < -0.39 is 0 Å². The van der Waals surface area contributed by atoms with Gasteiger partial charge in [-0.15, -0.1) is 0 Å². The molecule has 1 aromatic rings. The number of hydrogen-bond acceptors (Lipinski definition) is 3. The van der Waals surface area contributed by atoms with Gasteiger partial charge in [-0.05, 0) is 50.2 Å². The summed E-state index contributed by atoms with van der Waals surface area (Å²) in [6.07, 6.45) is 4.22. The van der Waals surface area contributed by atoms with Crippen LogP contribution in [0.2, 0.25) is 0 Å². The van der Waals surface area contributed by atoms with Crippen molar-refractivity contribution in [2.75, 3.05) is 0 Å². The van der Waals surface area contributed by atoms with Gasteiger partial charge in [0.15, 0.2) is 0 Å². The smallest absolute Gasteiger partial charge is 0.225 e. The van der Waals surface area contributed by atoms with Crippen LogP contribution in [0.1, 0.15) is 50.4 Å². The topological polar surface area (TPSA) is 72.0 Å². The first-order valence-electron chi connectivity index (χ1n) is 7.01. The Morgan fingerprint density at radius 3 is 2.79 bits per heavy atom. The van der Waals surface area contributed by atoms with E-state index in [-0.39, 0.29) is 11.9 Å². The monoisotopic (exact) mass is 261 g/mol. The van der Waals surface area contributed by atoms with Crippen molar-refractivity contribution in [1.82, 2.24) is 4.98 Å². The van der Waals surface area contributed by atoms with Gasteiger partial charge in [-0.2, -0.15) is 0 Å². The largest absolute Gasteiger partial charge is 0.474 e. The van der Waals surface area contributed by atoms with Gasteiger partial charge in [0.05, 0.1) is 11.7 Å². The molecule has 0 fully saturated rings. The van der Waals surface area contributed by atoms with Gasteiger partial charge in [-0.25, -0.2) is 4.98 Å². The van der Waals surface area contributed by atoms with Crippen molar-refractivity contribution in [3.63, 3.8) is 0 Å². The molecule has 0 radical (unpaired) electrons. The average molecular weight is 261 g/mol. The van der Waals surface area contributed by atoms with Crippen LogP contribution in [0.3, 0.4) is 0 Å². The lowest BCUT2D eigenvalue weighted by Gasteiger charge is -2.18. The Hall–Kier alpha value is -1.58. The molecular weight excluding hydrogens is 238 g/mol. The highest BCUT2D eigenvalue weighted by molar-refractivity contribution is 5.97. The van der Waals surface area contributed by atoms with E-state index >= 15 is 0 Å². The quantitative estimate of drug-likeness (QED) is 0.632. The van der Waals surface area contributed by atoms with Crippen LogP contribution in [0, 0.1) is 11.3 Å². The first-order valence-corrected chi connectivity index (χ1v) is 7.01. The summed E-state index contributed by atoms with van der Waals surface area (Å²) in [6.45, 7) is 6.38. The third-order valence-corrected chi connectivity index (χ3v) is 3.42. The number of fused-ring (bicyclic) bond motifs is 1. The molecule has 2 rings (SSSR count). The van der Waals surface area contributed by atoms with Gasteiger partial charge < -0.3 is 10.5 Å². The highest BCUT2D eigenvalue weighted by Crippen LogP contribution is 2.27. The number of aryl methyl sites for hydroxylation is 2. The Morgan fingerprint density at radius 1 is 1.42 bits per heavy atom. The maximum atomic E-state index is 7.68. The van der Waals surface area contributed by atoms with E-state index in [0.29, 0.717) is 17.4 Å². The van der Waals surface area contributed by atoms with E-state index in [2.05, 4.69) is 18.8 Å². The van der Waals surface area contributed by atoms with E-state index in [1.165, 1.54) is 5.56 Å². The second-order valence-electron chi connectivity index (χ2n) is 5.77. The Labute approximate surface area is 114 Å². The van der Waals surface area contributed by atoms with Gasteiger partial charge in [0.1, 0.15) is 5.84 Å². The highest BCUT2D eigenvalue weighted by atomic mass is 16.5. The summed E-state index contributed by atoms with van der Waals surface area (Å²) in [4.78, 5) is 4.58. The number of rotatable bonds is 5. The minimum absolute atomic E-state index is 0.0361. The van der Waals surface area contributed by atoms with Crippen molar-refractivity contribution in [1.29, 1.82) is 5.41 Å². The van der Waals surface area contributed by atoms with Crippen LogP contribution in [0.5, 0.6) is 5.88 Å². The number of hydrogen-bond donors (Lipinski definition) is 2. The van der Waals surface area contributed by atoms with Gasteiger partial charge in [0.2, 0.25) is 5.88 Å². The molecule has 0 bridgehead atoms. The molecule has 1 aromatic heterocycles. The van der Waals surface area contributed by atoms with Crippen LogP contribution in [-0.2, 0) is 12.8 Å². The molecule has 1 heterocycles. The lowest BCUT2D eigenvalue weighted by Crippen LogP contribution is -2.20. The Morgan fingerprint density at radius 2 is 2.16 bits per heavy atom. The molecule has 4 nitrogen and oxygen atoms in total. The predicted molar refractivity (Wildman–Crippen MR) is 76.8 cm³/mol. The van der Waals surface area contributed by atoms with Crippen molar-refractivity contribution in [2.45, 2.75) is 52.6 Å². The fourth-order valence-electron chi connectivity index (χ4n) is 2.64. The van der Waals surface area contributed by atoms with Crippen molar-refractivity contribution >= 4 is 5.84 Å². The summed E-state index contributed by atoms with van der Waals surface area (Å²) in [6, 6.07) is 1.98. The molecule has 3 N–H and O–H groups in total. The third kappa shape index (κ3) is 3.25. The highest BCUT2D eigenvalue weighted by Gasteiger charge is 2.20. The fraction of sp³-hybridized carbons (Fsp3) is 0.600. The van der Waals surface area contributed by atoms with E-state index in [9.17, 15) is 0 Å². The molecular formula is C15H23N3O. The minimum Gasteiger partial charge on any atom is -0.474 e. The molecule has 19 heavy (non-hydrogen) atoms. The molecule has 0 saturated heterocycles. The molecule has 1 atom stereocenters. The summed E-state index contributed by atoms with van der Waals surface area (Å²) in [5, 5.41) is 7.68. The first-order chi connectivity index (χ1) is 8.97. The zero-order chi connectivity index (χ0) is 14.0. The van der Waals surface area contributed by atoms with E-state index in [1.54, 1.807) is 0 Å². The molecule has 0 saturated carbocycles. The van der Waals surface area contributed by atoms with Crippen molar-refractivity contribution in [3.8, 4) is 5.88 Å². The second kappa shape index (κ2) is 5.59.